The Morgan fingerprint density at radius 3 is 2.67 bits per heavy atom. The van der Waals surface area contributed by atoms with E-state index in [-0.39, 0.29) is 5.91 Å². The number of rotatable bonds is 3. The van der Waals surface area contributed by atoms with Gasteiger partial charge >= 0.3 is 0 Å². The molecule has 1 heterocycles. The van der Waals surface area contributed by atoms with Crippen molar-refractivity contribution >= 4 is 11.6 Å². The summed E-state index contributed by atoms with van der Waals surface area (Å²) in [5, 5.41) is 6.50. The minimum atomic E-state index is -0.193. The third-order valence-electron chi connectivity index (χ3n) is 2.83. The number of hydrogen-bond donors (Lipinski definition) is 1. The maximum Gasteiger partial charge on any atom is 0.260 e. The first-order valence-corrected chi connectivity index (χ1v) is 5.91. The number of nitrogens with zero attached hydrogens (tertiary/aromatic N) is 1. The number of benzene rings is 1. The molecule has 0 fully saturated rings. The average molecular weight is 244 g/mol. The summed E-state index contributed by atoms with van der Waals surface area (Å²) < 4.78 is 4.89. The second kappa shape index (κ2) is 5.04. The summed E-state index contributed by atoms with van der Waals surface area (Å²) in [6.45, 7) is 5.90. The first-order chi connectivity index (χ1) is 8.59. The molecular formula is C14H16N2O2. The molecule has 4 nitrogen and oxygen atoms in total. The van der Waals surface area contributed by atoms with Gasteiger partial charge in [0.15, 0.2) is 0 Å². The Morgan fingerprint density at radius 2 is 2.06 bits per heavy atom. The largest absolute Gasteiger partial charge is 0.361 e. The molecular weight excluding hydrogens is 228 g/mol. The Kier molecular flexibility index (Phi) is 3.46. The van der Waals surface area contributed by atoms with Crippen LogP contribution >= 0.6 is 0 Å². The van der Waals surface area contributed by atoms with Gasteiger partial charge in [-0.3, -0.25) is 4.79 Å². The summed E-state index contributed by atoms with van der Waals surface area (Å²) in [5.41, 5.74) is 2.41. The van der Waals surface area contributed by atoms with E-state index in [4.69, 9.17) is 4.52 Å². The van der Waals surface area contributed by atoms with Gasteiger partial charge < -0.3 is 9.84 Å². The van der Waals surface area contributed by atoms with Crippen LogP contribution in [0.1, 0.15) is 41.4 Å². The molecule has 0 aliphatic rings. The van der Waals surface area contributed by atoms with Crippen molar-refractivity contribution in [1.29, 1.82) is 0 Å². The molecule has 1 amide bonds. The lowest BCUT2D eigenvalue weighted by Crippen LogP contribution is -2.13. The summed E-state index contributed by atoms with van der Waals surface area (Å²) in [6, 6.07) is 7.79. The topological polar surface area (TPSA) is 55.1 Å². The number of amides is 1. The lowest BCUT2D eigenvalue weighted by Gasteiger charge is -2.13. The standard InChI is InChI=1S/C14H16N2O2/c1-9(2)11-6-4-5-7-13(11)16-14(17)12-8-15-18-10(12)3/h4-9H,1-3H3,(H,16,17). The van der Waals surface area contributed by atoms with Crippen LogP contribution in [0.25, 0.3) is 0 Å². The smallest absolute Gasteiger partial charge is 0.260 e. The van der Waals surface area contributed by atoms with Gasteiger partial charge in [0, 0.05) is 5.69 Å². The van der Waals surface area contributed by atoms with Crippen molar-refractivity contribution < 1.29 is 9.32 Å². The molecule has 0 saturated heterocycles. The molecule has 2 rings (SSSR count). The van der Waals surface area contributed by atoms with Gasteiger partial charge in [-0.1, -0.05) is 37.2 Å². The van der Waals surface area contributed by atoms with Gasteiger partial charge in [0.05, 0.1) is 6.20 Å². The minimum Gasteiger partial charge on any atom is -0.361 e. The molecule has 0 bridgehead atoms. The summed E-state index contributed by atoms with van der Waals surface area (Å²) >= 11 is 0. The molecule has 0 radical (unpaired) electrons. The molecule has 18 heavy (non-hydrogen) atoms. The first-order valence-electron chi connectivity index (χ1n) is 5.91. The Balaban J connectivity index is 2.25. The minimum absolute atomic E-state index is 0.193. The van der Waals surface area contributed by atoms with Gasteiger partial charge in [-0.05, 0) is 24.5 Å². The predicted octanol–water partition coefficient (Wildman–Crippen LogP) is 3.36. The quantitative estimate of drug-likeness (QED) is 0.900. The van der Waals surface area contributed by atoms with Crippen LogP contribution in [0.3, 0.4) is 0 Å². The van der Waals surface area contributed by atoms with E-state index in [1.54, 1.807) is 6.92 Å². The Morgan fingerprint density at radius 1 is 1.33 bits per heavy atom. The molecule has 0 aliphatic heterocycles. The normalized spacial score (nSPS) is 10.7. The lowest BCUT2D eigenvalue weighted by atomic mass is 10.0. The molecule has 2 aromatic rings. The summed E-state index contributed by atoms with van der Waals surface area (Å²) in [4.78, 5) is 12.1. The number of para-hydroxylation sites is 1. The van der Waals surface area contributed by atoms with Crippen molar-refractivity contribution in [3.63, 3.8) is 0 Å². The second-order valence-corrected chi connectivity index (χ2v) is 4.49. The third-order valence-corrected chi connectivity index (χ3v) is 2.83. The highest BCUT2D eigenvalue weighted by Gasteiger charge is 2.15. The highest BCUT2D eigenvalue weighted by molar-refractivity contribution is 6.05. The molecule has 0 unspecified atom stereocenters. The zero-order valence-corrected chi connectivity index (χ0v) is 10.7. The lowest BCUT2D eigenvalue weighted by molar-refractivity contribution is 0.102. The zero-order valence-electron chi connectivity index (χ0n) is 10.7. The van der Waals surface area contributed by atoms with Crippen molar-refractivity contribution in [3.8, 4) is 0 Å². The van der Waals surface area contributed by atoms with Crippen LogP contribution in [0.15, 0.2) is 35.0 Å². The molecule has 0 saturated carbocycles. The van der Waals surface area contributed by atoms with Crippen LogP contribution in [0, 0.1) is 6.92 Å². The molecule has 1 aromatic carbocycles. The fourth-order valence-electron chi connectivity index (χ4n) is 1.82. The van der Waals surface area contributed by atoms with Crippen LogP contribution in [-0.2, 0) is 0 Å². The zero-order chi connectivity index (χ0) is 13.1. The summed E-state index contributed by atoms with van der Waals surface area (Å²) in [6.07, 6.45) is 1.43. The third kappa shape index (κ3) is 2.42. The number of aryl methyl sites for hydroxylation is 1. The van der Waals surface area contributed by atoms with Crippen molar-refractivity contribution in [2.75, 3.05) is 5.32 Å². The van der Waals surface area contributed by atoms with E-state index in [9.17, 15) is 4.79 Å². The Labute approximate surface area is 106 Å². The molecule has 1 N–H and O–H groups in total. The van der Waals surface area contributed by atoms with Crippen molar-refractivity contribution in [2.45, 2.75) is 26.7 Å². The van der Waals surface area contributed by atoms with E-state index >= 15 is 0 Å². The first kappa shape index (κ1) is 12.4. The number of aromatic nitrogens is 1. The van der Waals surface area contributed by atoms with E-state index in [0.717, 1.165) is 11.3 Å². The molecule has 0 aliphatic carbocycles. The Bertz CT molecular complexity index is 558. The average Bonchev–Trinajstić information content (AvgIpc) is 2.76. The van der Waals surface area contributed by atoms with E-state index in [1.807, 2.05) is 24.3 Å². The fraction of sp³-hybridized carbons (Fsp3) is 0.286. The maximum absolute atomic E-state index is 12.1. The number of carbonyl (C=O) groups excluding carboxylic acids is 1. The van der Waals surface area contributed by atoms with Gasteiger partial charge in [0.1, 0.15) is 11.3 Å². The molecule has 0 spiro atoms. The van der Waals surface area contributed by atoms with Gasteiger partial charge in [0.25, 0.3) is 5.91 Å². The van der Waals surface area contributed by atoms with Crippen LogP contribution in [0.2, 0.25) is 0 Å². The number of hydrogen-bond acceptors (Lipinski definition) is 3. The number of anilines is 1. The van der Waals surface area contributed by atoms with Gasteiger partial charge in [-0.15, -0.1) is 0 Å². The van der Waals surface area contributed by atoms with E-state index < -0.39 is 0 Å². The number of nitrogens with one attached hydrogen (secondary N) is 1. The van der Waals surface area contributed by atoms with Crippen LogP contribution < -0.4 is 5.32 Å². The van der Waals surface area contributed by atoms with Crippen molar-refractivity contribution in [1.82, 2.24) is 5.16 Å². The SMILES string of the molecule is Cc1oncc1C(=O)Nc1ccccc1C(C)C. The molecule has 1 aromatic heterocycles. The van der Waals surface area contributed by atoms with Crippen LogP contribution in [0.5, 0.6) is 0 Å². The van der Waals surface area contributed by atoms with Gasteiger partial charge in [-0.2, -0.15) is 0 Å². The second-order valence-electron chi connectivity index (χ2n) is 4.49. The van der Waals surface area contributed by atoms with E-state index in [2.05, 4.69) is 24.3 Å². The highest BCUT2D eigenvalue weighted by Crippen LogP contribution is 2.24. The maximum atomic E-state index is 12.1. The highest BCUT2D eigenvalue weighted by atomic mass is 16.5. The number of carbonyl (C=O) groups is 1. The summed E-state index contributed by atoms with van der Waals surface area (Å²) in [7, 11) is 0. The Hall–Kier alpha value is -2.10. The molecule has 4 heteroatoms. The summed E-state index contributed by atoms with van der Waals surface area (Å²) in [5.74, 6) is 0.682. The fourth-order valence-corrected chi connectivity index (χ4v) is 1.82. The van der Waals surface area contributed by atoms with E-state index in [0.29, 0.717) is 17.2 Å². The van der Waals surface area contributed by atoms with Gasteiger partial charge in [-0.25, -0.2) is 0 Å². The monoisotopic (exact) mass is 244 g/mol. The van der Waals surface area contributed by atoms with Crippen molar-refractivity contribution in [2.24, 2.45) is 0 Å². The van der Waals surface area contributed by atoms with Crippen molar-refractivity contribution in [3.05, 3.63) is 47.3 Å². The predicted molar refractivity (Wildman–Crippen MR) is 69.7 cm³/mol. The van der Waals surface area contributed by atoms with Gasteiger partial charge in [0.2, 0.25) is 0 Å². The molecule has 0 atom stereocenters. The van der Waals surface area contributed by atoms with Crippen LogP contribution in [0.4, 0.5) is 5.69 Å². The van der Waals surface area contributed by atoms with E-state index in [1.165, 1.54) is 6.20 Å². The molecule has 94 valence electrons. The van der Waals surface area contributed by atoms with Crippen LogP contribution in [-0.4, -0.2) is 11.1 Å².